The number of rotatable bonds is 1. The zero-order chi connectivity index (χ0) is 11.7. The van der Waals surface area contributed by atoms with E-state index in [0.717, 1.165) is 6.07 Å². The average molecular weight is 250 g/mol. The van der Waals surface area contributed by atoms with Crippen molar-refractivity contribution in [1.29, 1.82) is 0 Å². The van der Waals surface area contributed by atoms with Gasteiger partial charge in [-0.3, -0.25) is 4.99 Å². The number of hydrogen-bond donors (Lipinski definition) is 2. The van der Waals surface area contributed by atoms with Crippen LogP contribution in [-0.4, -0.2) is 19.0 Å². The van der Waals surface area contributed by atoms with E-state index in [2.05, 4.69) is 15.6 Å². The first-order valence-corrected chi connectivity index (χ1v) is 4.85. The number of halogens is 4. The maximum absolute atomic E-state index is 13.3. The first-order valence-electron chi connectivity index (χ1n) is 4.48. The van der Waals surface area contributed by atoms with Crippen LogP contribution < -0.4 is 10.6 Å². The minimum atomic E-state index is -1.60. The van der Waals surface area contributed by atoms with Crippen LogP contribution in [0.2, 0.25) is 5.02 Å². The maximum Gasteiger partial charge on any atom is 0.198 e. The first kappa shape index (κ1) is 11.1. The van der Waals surface area contributed by atoms with E-state index in [0.29, 0.717) is 19.0 Å². The maximum atomic E-state index is 13.3. The highest BCUT2D eigenvalue weighted by Gasteiger charge is 2.19. The van der Waals surface area contributed by atoms with Crippen LogP contribution in [0.1, 0.15) is 0 Å². The lowest BCUT2D eigenvalue weighted by molar-refractivity contribution is 0.449. The monoisotopic (exact) mass is 249 g/mol. The van der Waals surface area contributed by atoms with E-state index >= 15 is 0 Å². The highest BCUT2D eigenvalue weighted by molar-refractivity contribution is 6.31. The second-order valence-electron chi connectivity index (χ2n) is 3.13. The van der Waals surface area contributed by atoms with Crippen molar-refractivity contribution in [3.05, 3.63) is 28.5 Å². The van der Waals surface area contributed by atoms with Crippen molar-refractivity contribution in [2.24, 2.45) is 4.99 Å². The summed E-state index contributed by atoms with van der Waals surface area (Å²) in [6.07, 6.45) is 0. The van der Waals surface area contributed by atoms with Gasteiger partial charge in [0.25, 0.3) is 0 Å². The van der Waals surface area contributed by atoms with Crippen LogP contribution in [-0.2, 0) is 0 Å². The third kappa shape index (κ3) is 1.92. The van der Waals surface area contributed by atoms with Crippen molar-refractivity contribution in [2.75, 3.05) is 18.4 Å². The van der Waals surface area contributed by atoms with Gasteiger partial charge in [0, 0.05) is 6.54 Å². The van der Waals surface area contributed by atoms with Crippen LogP contribution in [0.4, 0.5) is 18.9 Å². The Hall–Kier alpha value is -1.43. The Balaban J connectivity index is 2.34. The highest BCUT2D eigenvalue weighted by atomic mass is 35.5. The molecule has 0 radical (unpaired) electrons. The molecular weight excluding hydrogens is 243 g/mol. The molecule has 0 aromatic heterocycles. The fourth-order valence-corrected chi connectivity index (χ4v) is 1.47. The molecule has 0 aliphatic carbocycles. The van der Waals surface area contributed by atoms with Crippen LogP contribution in [0.25, 0.3) is 0 Å². The predicted molar refractivity (Wildman–Crippen MR) is 55.3 cm³/mol. The van der Waals surface area contributed by atoms with Gasteiger partial charge in [0.1, 0.15) is 0 Å². The molecule has 16 heavy (non-hydrogen) atoms. The Labute approximate surface area is 94.3 Å². The van der Waals surface area contributed by atoms with E-state index in [-0.39, 0.29) is 5.69 Å². The van der Waals surface area contributed by atoms with Crippen molar-refractivity contribution < 1.29 is 13.2 Å². The lowest BCUT2D eigenvalue weighted by Crippen LogP contribution is -2.26. The van der Waals surface area contributed by atoms with E-state index in [4.69, 9.17) is 11.6 Å². The smallest absolute Gasteiger partial charge is 0.198 e. The predicted octanol–water partition coefficient (Wildman–Crippen LogP) is 2.13. The second-order valence-corrected chi connectivity index (χ2v) is 3.54. The minimum absolute atomic E-state index is 0.253. The molecule has 0 fully saturated rings. The van der Waals surface area contributed by atoms with Gasteiger partial charge in [-0.25, -0.2) is 13.2 Å². The molecule has 3 nitrogen and oxygen atoms in total. The van der Waals surface area contributed by atoms with Gasteiger partial charge in [-0.1, -0.05) is 11.6 Å². The number of aliphatic imine (C=N–C) groups is 1. The molecule has 0 unspecified atom stereocenters. The summed E-state index contributed by atoms with van der Waals surface area (Å²) in [6.45, 7) is 1.16. The summed E-state index contributed by atoms with van der Waals surface area (Å²) in [4.78, 5) is 3.92. The molecule has 1 aliphatic heterocycles. The van der Waals surface area contributed by atoms with Gasteiger partial charge in [0.2, 0.25) is 0 Å². The SMILES string of the molecule is Fc1c(Cl)cc(NC2=NCCN2)c(F)c1F. The van der Waals surface area contributed by atoms with Gasteiger partial charge in [-0.05, 0) is 6.07 Å². The molecule has 0 amide bonds. The fraction of sp³-hybridized carbons (Fsp3) is 0.222. The van der Waals surface area contributed by atoms with Crippen molar-refractivity contribution >= 4 is 23.2 Å². The lowest BCUT2D eigenvalue weighted by Gasteiger charge is -2.09. The fourth-order valence-electron chi connectivity index (χ4n) is 1.27. The van der Waals surface area contributed by atoms with Crippen LogP contribution >= 0.6 is 11.6 Å². The molecule has 0 saturated carbocycles. The Bertz CT molecular complexity index is 462. The first-order chi connectivity index (χ1) is 7.59. The molecule has 1 aromatic rings. The molecule has 1 aromatic carbocycles. The summed E-state index contributed by atoms with van der Waals surface area (Å²) in [6, 6.07) is 0.970. The zero-order valence-electron chi connectivity index (χ0n) is 7.95. The quantitative estimate of drug-likeness (QED) is 0.591. The number of anilines is 1. The number of benzene rings is 1. The topological polar surface area (TPSA) is 36.4 Å². The molecule has 0 spiro atoms. The average Bonchev–Trinajstić information content (AvgIpc) is 2.76. The molecule has 2 N–H and O–H groups in total. The second kappa shape index (κ2) is 4.21. The van der Waals surface area contributed by atoms with E-state index in [1.807, 2.05) is 0 Å². The van der Waals surface area contributed by atoms with Crippen LogP contribution in [0, 0.1) is 17.5 Å². The zero-order valence-corrected chi connectivity index (χ0v) is 8.71. The van der Waals surface area contributed by atoms with Crippen LogP contribution in [0.15, 0.2) is 11.1 Å². The van der Waals surface area contributed by atoms with Crippen LogP contribution in [0.5, 0.6) is 0 Å². The number of guanidine groups is 1. The number of hydrogen-bond acceptors (Lipinski definition) is 3. The third-order valence-electron chi connectivity index (χ3n) is 2.03. The lowest BCUT2D eigenvalue weighted by atomic mass is 10.3. The minimum Gasteiger partial charge on any atom is -0.354 e. The Morgan fingerprint density at radius 2 is 2.00 bits per heavy atom. The van der Waals surface area contributed by atoms with Gasteiger partial charge in [-0.15, -0.1) is 0 Å². The Morgan fingerprint density at radius 1 is 1.25 bits per heavy atom. The van der Waals surface area contributed by atoms with Gasteiger partial charge in [0.15, 0.2) is 23.4 Å². The summed E-state index contributed by atoms with van der Waals surface area (Å²) in [5.41, 5.74) is -0.253. The Morgan fingerprint density at radius 3 is 2.62 bits per heavy atom. The summed E-state index contributed by atoms with van der Waals surface area (Å²) in [5, 5.41) is 4.80. The molecule has 0 bridgehead atoms. The third-order valence-corrected chi connectivity index (χ3v) is 2.30. The Kier molecular flexibility index (Phi) is 2.91. The molecule has 86 valence electrons. The molecule has 0 atom stereocenters. The standard InChI is InChI=1S/C9H7ClF3N3/c10-4-3-5(7(12)8(13)6(4)11)16-9-14-1-2-15-9/h3H,1-2H2,(H2,14,15,16). The van der Waals surface area contributed by atoms with Crippen molar-refractivity contribution in [3.63, 3.8) is 0 Å². The normalized spacial score (nSPS) is 14.6. The highest BCUT2D eigenvalue weighted by Crippen LogP contribution is 2.26. The van der Waals surface area contributed by atoms with Gasteiger partial charge in [-0.2, -0.15) is 0 Å². The largest absolute Gasteiger partial charge is 0.354 e. The van der Waals surface area contributed by atoms with Gasteiger partial charge in [0.05, 0.1) is 17.3 Å². The van der Waals surface area contributed by atoms with E-state index < -0.39 is 22.5 Å². The summed E-state index contributed by atoms with van der Waals surface area (Å²) in [5.74, 6) is -4.01. The summed E-state index contributed by atoms with van der Waals surface area (Å²) in [7, 11) is 0. The van der Waals surface area contributed by atoms with Crippen LogP contribution in [0.3, 0.4) is 0 Å². The molecule has 0 saturated heterocycles. The summed E-state index contributed by atoms with van der Waals surface area (Å²) < 4.78 is 39.1. The van der Waals surface area contributed by atoms with Crippen molar-refractivity contribution in [3.8, 4) is 0 Å². The summed E-state index contributed by atoms with van der Waals surface area (Å²) >= 11 is 5.39. The molecular formula is C9H7ClF3N3. The van der Waals surface area contributed by atoms with E-state index in [9.17, 15) is 13.2 Å². The number of nitrogens with zero attached hydrogens (tertiary/aromatic N) is 1. The molecule has 7 heteroatoms. The van der Waals surface area contributed by atoms with Crippen molar-refractivity contribution in [1.82, 2.24) is 5.32 Å². The molecule has 1 heterocycles. The molecule has 1 aliphatic rings. The van der Waals surface area contributed by atoms with E-state index in [1.54, 1.807) is 0 Å². The number of nitrogens with one attached hydrogen (secondary N) is 2. The molecule has 2 rings (SSSR count). The van der Waals surface area contributed by atoms with E-state index in [1.165, 1.54) is 0 Å². The van der Waals surface area contributed by atoms with Gasteiger partial charge < -0.3 is 10.6 Å². The van der Waals surface area contributed by atoms with Gasteiger partial charge >= 0.3 is 0 Å². The van der Waals surface area contributed by atoms with Crippen molar-refractivity contribution in [2.45, 2.75) is 0 Å².